The fourth-order valence-electron chi connectivity index (χ4n) is 2.47. The average molecular weight is 377 g/mol. The fourth-order valence-corrected chi connectivity index (χ4v) is 4.21. The second-order valence-electron chi connectivity index (χ2n) is 5.57. The first kappa shape index (κ1) is 17.6. The molecule has 1 saturated heterocycles. The van der Waals surface area contributed by atoms with Crippen molar-refractivity contribution in [1.82, 2.24) is 14.8 Å². The molecule has 3 amide bonds. The zero-order valence-corrected chi connectivity index (χ0v) is 15.4. The number of thiazole rings is 1. The minimum atomic E-state index is -0.140. The minimum Gasteiger partial charge on any atom is -0.375 e. The van der Waals surface area contributed by atoms with E-state index in [1.807, 2.05) is 24.3 Å². The largest absolute Gasteiger partial charge is 0.375 e. The Hall–Kier alpha value is -2.26. The van der Waals surface area contributed by atoms with E-state index in [0.717, 1.165) is 14.8 Å². The molecule has 0 bridgehead atoms. The van der Waals surface area contributed by atoms with E-state index in [-0.39, 0.29) is 11.9 Å². The first-order chi connectivity index (χ1) is 12.0. The third-order valence-electron chi connectivity index (χ3n) is 3.84. The van der Waals surface area contributed by atoms with Crippen molar-refractivity contribution in [3.63, 3.8) is 0 Å². The number of nitrogens with zero attached hydrogens (tertiary/aromatic N) is 3. The Morgan fingerprint density at radius 1 is 1.16 bits per heavy atom. The van der Waals surface area contributed by atoms with Crippen molar-refractivity contribution < 1.29 is 9.59 Å². The van der Waals surface area contributed by atoms with Gasteiger partial charge in [0, 0.05) is 43.7 Å². The molecular formula is C16H19N5O2S2. The van der Waals surface area contributed by atoms with Crippen molar-refractivity contribution in [3.8, 4) is 0 Å². The van der Waals surface area contributed by atoms with Gasteiger partial charge >= 0.3 is 6.03 Å². The van der Waals surface area contributed by atoms with Gasteiger partial charge in [0.2, 0.25) is 5.91 Å². The molecule has 0 atom stereocenters. The molecule has 9 heteroatoms. The molecule has 132 valence electrons. The van der Waals surface area contributed by atoms with Crippen molar-refractivity contribution in [2.75, 3.05) is 37.2 Å². The number of aromatic nitrogens is 1. The SMILES string of the molecule is CC(=O)N1CCN(C(=O)Nc2ccc(Sc3cnc(N)s3)cc2)CC1. The van der Waals surface area contributed by atoms with E-state index in [2.05, 4.69) is 10.3 Å². The van der Waals surface area contributed by atoms with Crippen LogP contribution in [-0.2, 0) is 4.79 Å². The molecule has 1 aliphatic rings. The highest BCUT2D eigenvalue weighted by atomic mass is 32.2. The number of hydrogen-bond donors (Lipinski definition) is 2. The summed E-state index contributed by atoms with van der Waals surface area (Å²) >= 11 is 3.03. The van der Waals surface area contributed by atoms with Crippen molar-refractivity contribution in [1.29, 1.82) is 0 Å². The molecule has 0 radical (unpaired) electrons. The van der Waals surface area contributed by atoms with Gasteiger partial charge in [0.25, 0.3) is 0 Å². The van der Waals surface area contributed by atoms with Gasteiger partial charge in [-0.15, -0.1) is 0 Å². The maximum Gasteiger partial charge on any atom is 0.321 e. The number of piperazine rings is 1. The number of carbonyl (C=O) groups is 2. The first-order valence-corrected chi connectivity index (χ1v) is 9.45. The van der Waals surface area contributed by atoms with Gasteiger partial charge in [-0.25, -0.2) is 9.78 Å². The lowest BCUT2D eigenvalue weighted by Crippen LogP contribution is -2.51. The van der Waals surface area contributed by atoms with E-state index in [1.165, 1.54) is 11.3 Å². The van der Waals surface area contributed by atoms with Gasteiger partial charge in [-0.3, -0.25) is 4.79 Å². The van der Waals surface area contributed by atoms with Crippen LogP contribution in [0.25, 0.3) is 0 Å². The minimum absolute atomic E-state index is 0.0517. The predicted molar refractivity (Wildman–Crippen MR) is 99.9 cm³/mol. The third kappa shape index (κ3) is 4.64. The highest BCUT2D eigenvalue weighted by Gasteiger charge is 2.22. The molecule has 25 heavy (non-hydrogen) atoms. The van der Waals surface area contributed by atoms with Crippen LogP contribution in [0.4, 0.5) is 15.6 Å². The normalized spacial score (nSPS) is 14.4. The Morgan fingerprint density at radius 2 is 1.80 bits per heavy atom. The van der Waals surface area contributed by atoms with Crippen molar-refractivity contribution in [2.24, 2.45) is 0 Å². The van der Waals surface area contributed by atoms with E-state index in [1.54, 1.807) is 34.7 Å². The molecule has 7 nitrogen and oxygen atoms in total. The van der Waals surface area contributed by atoms with Gasteiger partial charge < -0.3 is 20.9 Å². The van der Waals surface area contributed by atoms with Crippen molar-refractivity contribution >= 4 is 45.9 Å². The number of anilines is 2. The summed E-state index contributed by atoms with van der Waals surface area (Å²) in [5.41, 5.74) is 6.37. The van der Waals surface area contributed by atoms with Gasteiger partial charge in [0.1, 0.15) is 0 Å². The fraction of sp³-hybridized carbons (Fsp3) is 0.312. The third-order valence-corrected chi connectivity index (χ3v) is 5.77. The summed E-state index contributed by atoms with van der Waals surface area (Å²) in [5, 5.41) is 3.45. The molecular weight excluding hydrogens is 358 g/mol. The molecule has 0 unspecified atom stereocenters. The first-order valence-electron chi connectivity index (χ1n) is 7.82. The number of nitrogens with one attached hydrogen (secondary N) is 1. The molecule has 2 heterocycles. The zero-order chi connectivity index (χ0) is 17.8. The number of amides is 3. The summed E-state index contributed by atoms with van der Waals surface area (Å²) < 4.78 is 1.03. The van der Waals surface area contributed by atoms with Crippen LogP contribution in [0.15, 0.2) is 39.6 Å². The Kier molecular flexibility index (Phi) is 5.44. The Labute approximate surface area is 154 Å². The lowest BCUT2D eigenvalue weighted by molar-refractivity contribution is -0.130. The molecule has 1 aromatic heterocycles. The molecule has 0 saturated carbocycles. The summed E-state index contributed by atoms with van der Waals surface area (Å²) in [7, 11) is 0. The van der Waals surface area contributed by atoms with Crippen LogP contribution >= 0.6 is 23.1 Å². The second-order valence-corrected chi connectivity index (χ2v) is 8.00. The van der Waals surface area contributed by atoms with Crippen LogP contribution in [0, 0.1) is 0 Å². The Morgan fingerprint density at radius 3 is 2.36 bits per heavy atom. The number of nitrogen functional groups attached to an aromatic ring is 1. The maximum absolute atomic E-state index is 12.3. The zero-order valence-electron chi connectivity index (χ0n) is 13.8. The lowest BCUT2D eigenvalue weighted by atomic mass is 10.3. The van der Waals surface area contributed by atoms with Crippen molar-refractivity contribution in [2.45, 2.75) is 16.0 Å². The van der Waals surface area contributed by atoms with Gasteiger partial charge in [0.15, 0.2) is 5.13 Å². The average Bonchev–Trinajstić information content (AvgIpc) is 3.01. The second kappa shape index (κ2) is 7.75. The molecule has 2 aromatic rings. The van der Waals surface area contributed by atoms with E-state index >= 15 is 0 Å². The van der Waals surface area contributed by atoms with E-state index in [9.17, 15) is 9.59 Å². The van der Waals surface area contributed by atoms with Crippen molar-refractivity contribution in [3.05, 3.63) is 30.5 Å². The lowest BCUT2D eigenvalue weighted by Gasteiger charge is -2.34. The number of nitrogens with two attached hydrogens (primary N) is 1. The van der Waals surface area contributed by atoms with Gasteiger partial charge in [-0.05, 0) is 24.3 Å². The molecule has 0 spiro atoms. The summed E-state index contributed by atoms with van der Waals surface area (Å²) in [6, 6.07) is 7.50. The van der Waals surface area contributed by atoms with E-state index in [0.29, 0.717) is 31.3 Å². The van der Waals surface area contributed by atoms with E-state index in [4.69, 9.17) is 5.73 Å². The monoisotopic (exact) mass is 377 g/mol. The Bertz CT molecular complexity index is 754. The standard InChI is InChI=1S/C16H19N5O2S2/c1-11(22)20-6-8-21(9-7-20)16(23)19-12-2-4-13(5-3-12)24-14-10-18-15(17)25-14/h2-5,10H,6-9H2,1H3,(H2,17,18)(H,19,23). The molecule has 3 N–H and O–H groups in total. The van der Waals surface area contributed by atoms with Crippen LogP contribution < -0.4 is 11.1 Å². The van der Waals surface area contributed by atoms with Crippen LogP contribution in [0.3, 0.4) is 0 Å². The summed E-state index contributed by atoms with van der Waals surface area (Å²) in [5.74, 6) is 0.0517. The Balaban J connectivity index is 1.53. The number of benzene rings is 1. The quantitative estimate of drug-likeness (QED) is 0.858. The molecule has 1 aromatic carbocycles. The summed E-state index contributed by atoms with van der Waals surface area (Å²) in [4.78, 5) is 32.2. The van der Waals surface area contributed by atoms with Crippen LogP contribution in [0.1, 0.15) is 6.92 Å². The summed E-state index contributed by atoms with van der Waals surface area (Å²) in [6.07, 6.45) is 1.75. The smallest absolute Gasteiger partial charge is 0.321 e. The number of carbonyl (C=O) groups excluding carboxylic acids is 2. The topological polar surface area (TPSA) is 91.6 Å². The number of urea groups is 1. The van der Waals surface area contributed by atoms with Crippen LogP contribution in [-0.4, -0.2) is 52.9 Å². The van der Waals surface area contributed by atoms with E-state index < -0.39 is 0 Å². The van der Waals surface area contributed by atoms with Gasteiger partial charge in [-0.1, -0.05) is 23.1 Å². The summed E-state index contributed by atoms with van der Waals surface area (Å²) in [6.45, 7) is 3.81. The van der Waals surface area contributed by atoms with Crippen LogP contribution in [0.5, 0.6) is 0 Å². The predicted octanol–water partition coefficient (Wildman–Crippen LogP) is 2.57. The highest BCUT2D eigenvalue weighted by molar-refractivity contribution is 8.01. The number of hydrogen-bond acceptors (Lipinski definition) is 6. The van der Waals surface area contributed by atoms with Gasteiger partial charge in [-0.2, -0.15) is 0 Å². The van der Waals surface area contributed by atoms with Gasteiger partial charge in [0.05, 0.1) is 10.4 Å². The molecule has 0 aliphatic carbocycles. The maximum atomic E-state index is 12.3. The van der Waals surface area contributed by atoms with Crippen LogP contribution in [0.2, 0.25) is 0 Å². The molecule has 3 rings (SSSR count). The number of rotatable bonds is 3. The molecule has 1 aliphatic heterocycles. The molecule has 1 fully saturated rings. The highest BCUT2D eigenvalue weighted by Crippen LogP contribution is 2.33.